The van der Waals surface area contributed by atoms with Gasteiger partial charge in [-0.25, -0.2) is 9.37 Å². The molecule has 8 heteroatoms. The lowest BCUT2D eigenvalue weighted by Crippen LogP contribution is -2.02. The van der Waals surface area contributed by atoms with Crippen molar-refractivity contribution in [3.8, 4) is 11.3 Å². The number of carboxylic acid groups (broad SMARTS) is 1. The second-order valence-electron chi connectivity index (χ2n) is 4.32. The van der Waals surface area contributed by atoms with Gasteiger partial charge in [0.2, 0.25) is 0 Å². The average Bonchev–Trinajstić information content (AvgIpc) is 2.95. The van der Waals surface area contributed by atoms with Crippen molar-refractivity contribution < 1.29 is 14.3 Å². The normalized spacial score (nSPS) is 11.2. The lowest BCUT2D eigenvalue weighted by Gasteiger charge is -2.02. The first-order valence-electron chi connectivity index (χ1n) is 5.78. The Balaban J connectivity index is 2.11. The molecule has 108 valence electrons. The van der Waals surface area contributed by atoms with Crippen molar-refractivity contribution in [1.82, 2.24) is 9.38 Å². The van der Waals surface area contributed by atoms with E-state index >= 15 is 0 Å². The number of fused-ring (bicyclic) bond motifs is 1. The van der Waals surface area contributed by atoms with E-state index in [1.165, 1.54) is 23.5 Å². The Labute approximate surface area is 132 Å². The van der Waals surface area contributed by atoms with E-state index in [0.717, 1.165) is 0 Å². The van der Waals surface area contributed by atoms with Crippen LogP contribution in [0.2, 0.25) is 10.0 Å². The predicted molar refractivity (Wildman–Crippen MR) is 79.8 cm³/mol. The van der Waals surface area contributed by atoms with Gasteiger partial charge in [-0.05, 0) is 12.1 Å². The Hall–Kier alpha value is -1.63. The topological polar surface area (TPSA) is 54.6 Å². The van der Waals surface area contributed by atoms with Gasteiger partial charge in [0, 0.05) is 22.8 Å². The van der Waals surface area contributed by atoms with Crippen LogP contribution < -0.4 is 0 Å². The van der Waals surface area contributed by atoms with Crippen LogP contribution in [0.25, 0.3) is 16.2 Å². The van der Waals surface area contributed by atoms with Crippen molar-refractivity contribution in [2.75, 3.05) is 0 Å². The van der Waals surface area contributed by atoms with Crippen LogP contribution in [0.5, 0.6) is 0 Å². The number of carboxylic acids is 1. The van der Waals surface area contributed by atoms with Gasteiger partial charge >= 0.3 is 5.97 Å². The molecule has 0 aliphatic heterocycles. The van der Waals surface area contributed by atoms with E-state index in [-0.39, 0.29) is 16.5 Å². The predicted octanol–water partition coefficient (Wildman–Crippen LogP) is 4.14. The molecule has 0 aliphatic rings. The molecule has 0 radical (unpaired) electrons. The fourth-order valence-corrected chi connectivity index (χ4v) is 3.31. The molecule has 0 aliphatic carbocycles. The van der Waals surface area contributed by atoms with E-state index in [2.05, 4.69) is 4.98 Å². The number of rotatable bonds is 3. The molecule has 1 N–H and O–H groups in total. The number of hydrogen-bond acceptors (Lipinski definition) is 3. The van der Waals surface area contributed by atoms with Crippen molar-refractivity contribution in [1.29, 1.82) is 0 Å². The highest BCUT2D eigenvalue weighted by atomic mass is 35.5. The number of hydrogen-bond donors (Lipinski definition) is 1. The minimum absolute atomic E-state index is 0.0589. The van der Waals surface area contributed by atoms with E-state index in [0.29, 0.717) is 21.9 Å². The van der Waals surface area contributed by atoms with Crippen LogP contribution in [-0.4, -0.2) is 20.5 Å². The van der Waals surface area contributed by atoms with Gasteiger partial charge in [-0.1, -0.05) is 23.2 Å². The molecule has 0 atom stereocenters. The summed E-state index contributed by atoms with van der Waals surface area (Å²) in [7, 11) is 0. The zero-order chi connectivity index (χ0) is 15.1. The fourth-order valence-electron chi connectivity index (χ4n) is 1.96. The molecular formula is C13H7Cl2FN2O2S. The van der Waals surface area contributed by atoms with Gasteiger partial charge in [0.25, 0.3) is 0 Å². The molecule has 2 aromatic heterocycles. The summed E-state index contributed by atoms with van der Waals surface area (Å²) >= 11 is 13.0. The Bertz CT molecular complexity index is 859. The lowest BCUT2D eigenvalue weighted by molar-refractivity contribution is -0.136. The summed E-state index contributed by atoms with van der Waals surface area (Å²) in [5, 5.41) is 10.8. The first-order valence-corrected chi connectivity index (χ1v) is 7.41. The Kier molecular flexibility index (Phi) is 3.61. The summed E-state index contributed by atoms with van der Waals surface area (Å²) in [6.07, 6.45) is 1.52. The molecule has 0 spiro atoms. The molecule has 0 amide bonds. The number of imidazole rings is 1. The van der Waals surface area contributed by atoms with Gasteiger partial charge in [-0.2, -0.15) is 0 Å². The lowest BCUT2D eigenvalue weighted by atomic mass is 10.1. The monoisotopic (exact) mass is 344 g/mol. The number of aliphatic carboxylic acids is 1. The van der Waals surface area contributed by atoms with E-state index < -0.39 is 11.8 Å². The van der Waals surface area contributed by atoms with Crippen LogP contribution in [0.15, 0.2) is 23.7 Å². The molecule has 0 saturated heterocycles. The minimum atomic E-state index is -0.930. The molecule has 0 unspecified atom stereocenters. The second-order valence-corrected chi connectivity index (χ2v) is 5.97. The van der Waals surface area contributed by atoms with Crippen molar-refractivity contribution in [2.24, 2.45) is 0 Å². The number of benzene rings is 1. The highest BCUT2D eigenvalue weighted by Gasteiger charge is 2.15. The molecule has 2 heterocycles. The zero-order valence-electron chi connectivity index (χ0n) is 10.3. The first kappa shape index (κ1) is 14.3. The second kappa shape index (κ2) is 5.29. The molecule has 3 rings (SSSR count). The van der Waals surface area contributed by atoms with Crippen LogP contribution in [0, 0.1) is 5.82 Å². The maximum atomic E-state index is 13.6. The summed E-state index contributed by atoms with van der Waals surface area (Å²) in [6.45, 7) is 0. The standard InChI is InChI=1S/C13H7Cl2FN2O2S/c14-8-3-9(15)10(16)2-7(8)11-4-18-6(1-12(19)20)5-21-13(18)17-11/h2-5H,1H2,(H,19,20). The quantitative estimate of drug-likeness (QED) is 0.726. The first-order chi connectivity index (χ1) is 9.95. The highest BCUT2D eigenvalue weighted by molar-refractivity contribution is 7.15. The van der Waals surface area contributed by atoms with E-state index in [4.69, 9.17) is 28.3 Å². The Morgan fingerprint density at radius 3 is 2.86 bits per heavy atom. The van der Waals surface area contributed by atoms with E-state index in [9.17, 15) is 9.18 Å². The van der Waals surface area contributed by atoms with Crippen LogP contribution in [0.3, 0.4) is 0 Å². The number of halogens is 3. The number of carbonyl (C=O) groups is 1. The zero-order valence-corrected chi connectivity index (χ0v) is 12.6. The number of thiazole rings is 1. The van der Waals surface area contributed by atoms with Crippen molar-refractivity contribution in [3.05, 3.63) is 45.3 Å². The summed E-state index contributed by atoms with van der Waals surface area (Å²) < 4.78 is 15.2. The van der Waals surface area contributed by atoms with Crippen LogP contribution in [0.4, 0.5) is 4.39 Å². The third-order valence-electron chi connectivity index (χ3n) is 2.90. The third kappa shape index (κ3) is 2.62. The van der Waals surface area contributed by atoms with Gasteiger partial charge in [-0.15, -0.1) is 11.3 Å². The molecule has 3 aromatic rings. The van der Waals surface area contributed by atoms with Gasteiger partial charge in [-0.3, -0.25) is 9.20 Å². The highest BCUT2D eigenvalue weighted by Crippen LogP contribution is 2.33. The van der Waals surface area contributed by atoms with Crippen LogP contribution in [0.1, 0.15) is 5.69 Å². The fraction of sp³-hybridized carbons (Fsp3) is 0.0769. The van der Waals surface area contributed by atoms with Crippen molar-refractivity contribution in [2.45, 2.75) is 6.42 Å². The molecule has 21 heavy (non-hydrogen) atoms. The molecule has 0 saturated carbocycles. The van der Waals surface area contributed by atoms with Crippen molar-refractivity contribution in [3.63, 3.8) is 0 Å². The maximum absolute atomic E-state index is 13.6. The summed E-state index contributed by atoms with van der Waals surface area (Å²) in [5.74, 6) is -1.52. The summed E-state index contributed by atoms with van der Waals surface area (Å²) in [6, 6.07) is 2.54. The van der Waals surface area contributed by atoms with Crippen molar-refractivity contribution >= 4 is 45.5 Å². The van der Waals surface area contributed by atoms with Gasteiger partial charge in [0.1, 0.15) is 5.82 Å². The maximum Gasteiger partial charge on any atom is 0.309 e. The third-order valence-corrected chi connectivity index (χ3v) is 4.39. The smallest absolute Gasteiger partial charge is 0.309 e. The molecule has 0 bridgehead atoms. The molecule has 1 aromatic carbocycles. The molecule has 0 fully saturated rings. The van der Waals surface area contributed by atoms with Crippen LogP contribution in [-0.2, 0) is 11.2 Å². The summed E-state index contributed by atoms with van der Waals surface area (Å²) in [4.78, 5) is 15.8. The van der Waals surface area contributed by atoms with Gasteiger partial charge in [0.15, 0.2) is 4.96 Å². The Morgan fingerprint density at radius 2 is 2.14 bits per heavy atom. The number of aromatic nitrogens is 2. The minimum Gasteiger partial charge on any atom is -0.481 e. The largest absolute Gasteiger partial charge is 0.481 e. The van der Waals surface area contributed by atoms with E-state index in [1.807, 2.05) is 0 Å². The van der Waals surface area contributed by atoms with Crippen LogP contribution >= 0.6 is 34.5 Å². The SMILES string of the molecule is O=C(O)Cc1csc2nc(-c3cc(F)c(Cl)cc3Cl)cn12. The Morgan fingerprint density at radius 1 is 1.38 bits per heavy atom. The average molecular weight is 345 g/mol. The molecule has 4 nitrogen and oxygen atoms in total. The van der Waals surface area contributed by atoms with Gasteiger partial charge < -0.3 is 5.11 Å². The molecular weight excluding hydrogens is 338 g/mol. The van der Waals surface area contributed by atoms with Gasteiger partial charge in [0.05, 0.1) is 22.2 Å². The van der Waals surface area contributed by atoms with E-state index in [1.54, 1.807) is 16.0 Å². The number of nitrogens with zero attached hydrogens (tertiary/aromatic N) is 2. The summed E-state index contributed by atoms with van der Waals surface area (Å²) in [5.41, 5.74) is 1.48.